The summed E-state index contributed by atoms with van der Waals surface area (Å²) >= 11 is 3.37. The minimum atomic E-state index is -0.477. The lowest BCUT2D eigenvalue weighted by Gasteiger charge is -2.15. The van der Waals surface area contributed by atoms with E-state index in [0.717, 1.165) is 11.1 Å². The molecule has 1 nitrogen and oxygen atoms in total. The van der Waals surface area contributed by atoms with Gasteiger partial charge < -0.3 is 0 Å². The second-order valence-corrected chi connectivity index (χ2v) is 6.08. The molecular weight excluding hydrogens is 240 g/mol. The second-order valence-electron chi connectivity index (χ2n) is 4.10. The van der Waals surface area contributed by atoms with Crippen molar-refractivity contribution in [1.29, 1.82) is 0 Å². The topological polar surface area (TPSA) is 17.1 Å². The molecule has 0 amide bonds. The van der Waals surface area contributed by atoms with Crippen LogP contribution in [0.5, 0.6) is 0 Å². The molecule has 0 radical (unpaired) electrons. The summed E-state index contributed by atoms with van der Waals surface area (Å²) < 4.78 is -0.477. The minimum absolute atomic E-state index is 0.126. The van der Waals surface area contributed by atoms with Crippen LogP contribution in [0.15, 0.2) is 18.2 Å². The van der Waals surface area contributed by atoms with E-state index < -0.39 is 4.32 Å². The molecular formula is C12H15BrO. The number of Topliss-reactive ketones (excluding diaryl/α,β-unsaturated/α-hetero) is 1. The first-order chi connectivity index (χ1) is 6.32. The predicted molar refractivity (Wildman–Crippen MR) is 63.3 cm³/mol. The van der Waals surface area contributed by atoms with Crippen molar-refractivity contribution in [2.24, 2.45) is 0 Å². The Balaban J connectivity index is 3.10. The van der Waals surface area contributed by atoms with Crippen LogP contribution in [-0.4, -0.2) is 10.1 Å². The molecule has 0 aliphatic rings. The van der Waals surface area contributed by atoms with Gasteiger partial charge >= 0.3 is 0 Å². The number of ketones is 1. The van der Waals surface area contributed by atoms with E-state index in [-0.39, 0.29) is 5.78 Å². The highest BCUT2D eigenvalue weighted by atomic mass is 79.9. The summed E-state index contributed by atoms with van der Waals surface area (Å²) in [6, 6.07) is 5.82. The molecule has 0 saturated heterocycles. The Morgan fingerprint density at radius 3 is 2.21 bits per heavy atom. The Hall–Kier alpha value is -0.630. The van der Waals surface area contributed by atoms with Gasteiger partial charge in [0.1, 0.15) is 0 Å². The maximum Gasteiger partial charge on any atom is 0.178 e. The smallest absolute Gasteiger partial charge is 0.178 e. The second kappa shape index (κ2) is 3.85. The molecule has 0 unspecified atom stereocenters. The van der Waals surface area contributed by atoms with E-state index in [0.29, 0.717) is 0 Å². The summed E-state index contributed by atoms with van der Waals surface area (Å²) in [4.78, 5) is 11.9. The molecule has 1 rings (SSSR count). The number of aryl methyl sites for hydroxylation is 2. The van der Waals surface area contributed by atoms with Crippen LogP contribution in [0.25, 0.3) is 0 Å². The molecule has 0 aromatic heterocycles. The van der Waals surface area contributed by atoms with E-state index in [1.807, 2.05) is 45.9 Å². The van der Waals surface area contributed by atoms with E-state index in [1.165, 1.54) is 5.56 Å². The highest BCUT2D eigenvalue weighted by Gasteiger charge is 2.24. The summed E-state index contributed by atoms with van der Waals surface area (Å²) in [5, 5.41) is 0. The van der Waals surface area contributed by atoms with E-state index in [9.17, 15) is 4.79 Å². The van der Waals surface area contributed by atoms with Crippen molar-refractivity contribution in [3.8, 4) is 0 Å². The van der Waals surface area contributed by atoms with Crippen LogP contribution in [0.1, 0.15) is 35.3 Å². The van der Waals surface area contributed by atoms with Gasteiger partial charge in [0.05, 0.1) is 4.32 Å². The number of rotatable bonds is 2. The fourth-order valence-corrected chi connectivity index (χ4v) is 1.45. The monoisotopic (exact) mass is 254 g/mol. The number of benzene rings is 1. The van der Waals surface area contributed by atoms with Gasteiger partial charge in [-0.25, -0.2) is 0 Å². The highest BCUT2D eigenvalue weighted by Crippen LogP contribution is 2.23. The fourth-order valence-electron chi connectivity index (χ4n) is 1.23. The van der Waals surface area contributed by atoms with Crippen LogP contribution >= 0.6 is 15.9 Å². The number of carbonyl (C=O) groups is 1. The van der Waals surface area contributed by atoms with Gasteiger partial charge in [0.2, 0.25) is 0 Å². The maximum atomic E-state index is 11.9. The minimum Gasteiger partial charge on any atom is -0.293 e. The number of carbonyl (C=O) groups excluding carboxylic acids is 1. The summed E-state index contributed by atoms with van der Waals surface area (Å²) in [5.74, 6) is 0.126. The van der Waals surface area contributed by atoms with Crippen molar-refractivity contribution >= 4 is 21.7 Å². The molecule has 0 N–H and O–H groups in total. The van der Waals surface area contributed by atoms with Crippen LogP contribution in [-0.2, 0) is 0 Å². The Labute approximate surface area is 93.7 Å². The molecule has 0 aliphatic carbocycles. The number of hydrogen-bond acceptors (Lipinski definition) is 1. The summed E-state index contributed by atoms with van der Waals surface area (Å²) in [5.41, 5.74) is 3.15. The first-order valence-electron chi connectivity index (χ1n) is 4.63. The van der Waals surface area contributed by atoms with Crippen molar-refractivity contribution in [3.63, 3.8) is 0 Å². The van der Waals surface area contributed by atoms with Gasteiger partial charge in [-0.2, -0.15) is 0 Å². The van der Waals surface area contributed by atoms with Crippen molar-refractivity contribution in [2.75, 3.05) is 0 Å². The average molecular weight is 255 g/mol. The normalized spacial score (nSPS) is 11.5. The molecule has 0 atom stereocenters. The van der Waals surface area contributed by atoms with Crippen molar-refractivity contribution in [1.82, 2.24) is 0 Å². The Morgan fingerprint density at radius 2 is 1.79 bits per heavy atom. The molecule has 2 heteroatoms. The highest BCUT2D eigenvalue weighted by molar-refractivity contribution is 9.10. The zero-order chi connectivity index (χ0) is 10.9. The molecule has 76 valence electrons. The van der Waals surface area contributed by atoms with Gasteiger partial charge in [0.25, 0.3) is 0 Å². The van der Waals surface area contributed by atoms with Crippen molar-refractivity contribution in [3.05, 3.63) is 34.9 Å². The third kappa shape index (κ3) is 2.44. The lowest BCUT2D eigenvalue weighted by Crippen LogP contribution is -2.24. The Morgan fingerprint density at radius 1 is 1.21 bits per heavy atom. The van der Waals surface area contributed by atoms with E-state index in [4.69, 9.17) is 0 Å². The molecule has 0 heterocycles. The fraction of sp³-hybridized carbons (Fsp3) is 0.417. The standard InChI is InChI=1S/C12H15BrO/c1-8-5-6-10(7-9(8)2)11(14)12(3,4)13/h5-7H,1-4H3. The molecule has 0 saturated carbocycles. The van der Waals surface area contributed by atoms with Gasteiger partial charge in [0.15, 0.2) is 5.78 Å². The lowest BCUT2D eigenvalue weighted by atomic mass is 9.97. The molecule has 0 aliphatic heterocycles. The van der Waals surface area contributed by atoms with Gasteiger partial charge in [-0.15, -0.1) is 0 Å². The zero-order valence-corrected chi connectivity index (χ0v) is 10.6. The Kier molecular flexibility index (Phi) is 3.15. The lowest BCUT2D eigenvalue weighted by molar-refractivity contribution is 0.0961. The molecule has 0 spiro atoms. The number of halogens is 1. The molecule has 14 heavy (non-hydrogen) atoms. The van der Waals surface area contributed by atoms with Crippen LogP contribution in [0.4, 0.5) is 0 Å². The van der Waals surface area contributed by atoms with Crippen molar-refractivity contribution < 1.29 is 4.79 Å². The van der Waals surface area contributed by atoms with Gasteiger partial charge in [0, 0.05) is 5.56 Å². The zero-order valence-electron chi connectivity index (χ0n) is 9.02. The maximum absolute atomic E-state index is 11.9. The first-order valence-corrected chi connectivity index (χ1v) is 5.42. The third-order valence-corrected chi connectivity index (χ3v) is 2.67. The van der Waals surface area contributed by atoms with Gasteiger partial charge in [-0.3, -0.25) is 4.79 Å². The van der Waals surface area contributed by atoms with Crippen molar-refractivity contribution in [2.45, 2.75) is 32.0 Å². The van der Waals surface area contributed by atoms with Crippen LogP contribution in [0.2, 0.25) is 0 Å². The average Bonchev–Trinajstić information content (AvgIpc) is 2.07. The van der Waals surface area contributed by atoms with Gasteiger partial charge in [-0.1, -0.05) is 28.1 Å². The number of hydrogen-bond donors (Lipinski definition) is 0. The SMILES string of the molecule is Cc1ccc(C(=O)C(C)(C)Br)cc1C. The largest absolute Gasteiger partial charge is 0.293 e. The molecule has 1 aromatic rings. The summed E-state index contributed by atoms with van der Waals surface area (Å²) in [7, 11) is 0. The van der Waals surface area contributed by atoms with E-state index in [1.54, 1.807) is 0 Å². The summed E-state index contributed by atoms with van der Waals surface area (Å²) in [6.07, 6.45) is 0. The van der Waals surface area contributed by atoms with Crippen LogP contribution in [0, 0.1) is 13.8 Å². The van der Waals surface area contributed by atoms with E-state index >= 15 is 0 Å². The molecule has 0 bridgehead atoms. The quantitative estimate of drug-likeness (QED) is 0.582. The summed E-state index contributed by atoms with van der Waals surface area (Å²) in [6.45, 7) is 7.80. The third-order valence-electron chi connectivity index (χ3n) is 2.31. The van der Waals surface area contributed by atoms with E-state index in [2.05, 4.69) is 15.9 Å². The first kappa shape index (κ1) is 11.4. The molecule has 0 fully saturated rings. The number of alkyl halides is 1. The van der Waals surface area contributed by atoms with Crippen LogP contribution < -0.4 is 0 Å². The predicted octanol–water partition coefficient (Wildman–Crippen LogP) is 3.66. The van der Waals surface area contributed by atoms with Crippen LogP contribution in [0.3, 0.4) is 0 Å². The Bertz CT molecular complexity index is 361. The van der Waals surface area contributed by atoms with Gasteiger partial charge in [-0.05, 0) is 44.9 Å². The molecule has 1 aromatic carbocycles.